The van der Waals surface area contributed by atoms with Crippen LogP contribution in [-0.4, -0.2) is 25.1 Å². The number of halogens is 1. The Kier molecular flexibility index (Phi) is 9.11. The number of carbonyl (C=O) groups is 2. The molecule has 6 heteroatoms. The molecule has 0 radical (unpaired) electrons. The molecule has 31 heavy (non-hydrogen) atoms. The quantitative estimate of drug-likeness (QED) is 0.328. The molecule has 5 nitrogen and oxygen atoms in total. The van der Waals surface area contributed by atoms with Gasteiger partial charge in [-0.15, -0.1) is 0 Å². The Bertz CT molecular complexity index is 885. The van der Waals surface area contributed by atoms with Crippen molar-refractivity contribution < 1.29 is 19.1 Å². The molecule has 0 atom stereocenters. The van der Waals surface area contributed by atoms with Gasteiger partial charge in [0.15, 0.2) is 0 Å². The van der Waals surface area contributed by atoms with Crippen molar-refractivity contribution in [3.8, 4) is 5.75 Å². The predicted octanol–water partition coefficient (Wildman–Crippen LogP) is 6.36. The summed E-state index contributed by atoms with van der Waals surface area (Å²) in [7, 11) is 0. The number of carbonyl (C=O) groups excluding carboxylic acids is 2. The molecule has 1 N–H and O–H groups in total. The molecule has 0 saturated heterocycles. The fourth-order valence-electron chi connectivity index (χ4n) is 2.74. The fourth-order valence-corrected chi connectivity index (χ4v) is 3.23. The second-order valence-electron chi connectivity index (χ2n) is 8.97. The first kappa shape index (κ1) is 24.9. The lowest BCUT2D eigenvalue weighted by molar-refractivity contribution is -0.116. The first-order valence-corrected chi connectivity index (χ1v) is 11.4. The van der Waals surface area contributed by atoms with E-state index in [0.717, 1.165) is 10.2 Å². The Labute approximate surface area is 193 Å². The lowest BCUT2D eigenvalue weighted by atomic mass is 9.87. The van der Waals surface area contributed by atoms with Gasteiger partial charge in [-0.2, -0.15) is 0 Å². The maximum Gasteiger partial charge on any atom is 0.338 e. The monoisotopic (exact) mass is 489 g/mol. The molecular formula is C25H32BrNO4. The van der Waals surface area contributed by atoms with Crippen LogP contribution in [0.4, 0.5) is 5.69 Å². The summed E-state index contributed by atoms with van der Waals surface area (Å²) in [6, 6.07) is 12.8. The van der Waals surface area contributed by atoms with Crippen molar-refractivity contribution in [2.24, 2.45) is 5.92 Å². The molecular weight excluding hydrogens is 458 g/mol. The Balaban J connectivity index is 1.75. The standard InChI is InChI=1S/C25H32BrNO4/c1-17(2)16-31-24(29)18-8-11-20(12-9-18)27-23(28)7-6-14-30-22-13-10-19(15-21(22)26)25(3,4)5/h8-13,15,17H,6-7,14,16H2,1-5H3,(H,27,28). The van der Waals surface area contributed by atoms with Gasteiger partial charge in [0.2, 0.25) is 5.91 Å². The highest BCUT2D eigenvalue weighted by molar-refractivity contribution is 9.10. The summed E-state index contributed by atoms with van der Waals surface area (Å²) >= 11 is 3.56. The average molecular weight is 490 g/mol. The van der Waals surface area contributed by atoms with Gasteiger partial charge in [-0.3, -0.25) is 4.79 Å². The molecule has 0 bridgehead atoms. The number of benzene rings is 2. The van der Waals surface area contributed by atoms with Crippen LogP contribution in [0.5, 0.6) is 5.75 Å². The predicted molar refractivity (Wildman–Crippen MR) is 128 cm³/mol. The molecule has 2 rings (SSSR count). The summed E-state index contributed by atoms with van der Waals surface area (Å²) in [6.07, 6.45) is 0.939. The highest BCUT2D eigenvalue weighted by atomic mass is 79.9. The van der Waals surface area contributed by atoms with Crippen LogP contribution in [0.25, 0.3) is 0 Å². The SMILES string of the molecule is CC(C)COC(=O)c1ccc(NC(=O)CCCOc2ccc(C(C)(C)C)cc2Br)cc1. The van der Waals surface area contributed by atoms with Gasteiger partial charge in [-0.1, -0.05) is 40.7 Å². The molecule has 0 spiro atoms. The first-order chi connectivity index (χ1) is 14.6. The van der Waals surface area contributed by atoms with E-state index in [1.165, 1.54) is 5.56 Å². The smallest absolute Gasteiger partial charge is 0.338 e. The first-order valence-electron chi connectivity index (χ1n) is 10.6. The van der Waals surface area contributed by atoms with E-state index in [1.807, 2.05) is 19.9 Å². The van der Waals surface area contributed by atoms with Crippen molar-refractivity contribution in [1.82, 2.24) is 0 Å². The second kappa shape index (κ2) is 11.3. The van der Waals surface area contributed by atoms with E-state index in [0.29, 0.717) is 37.3 Å². The Morgan fingerprint density at radius 3 is 2.32 bits per heavy atom. The van der Waals surface area contributed by atoms with Crippen molar-refractivity contribution in [3.63, 3.8) is 0 Å². The van der Waals surface area contributed by atoms with Gasteiger partial charge in [-0.25, -0.2) is 4.79 Å². The van der Waals surface area contributed by atoms with Crippen LogP contribution < -0.4 is 10.1 Å². The molecule has 2 aromatic rings. The third kappa shape index (κ3) is 8.37. The van der Waals surface area contributed by atoms with Crippen LogP contribution in [0.15, 0.2) is 46.9 Å². The van der Waals surface area contributed by atoms with Crippen LogP contribution in [0.1, 0.15) is 63.4 Å². The number of amides is 1. The van der Waals surface area contributed by atoms with Crippen LogP contribution in [0.3, 0.4) is 0 Å². The molecule has 1 amide bonds. The summed E-state index contributed by atoms with van der Waals surface area (Å²) in [5, 5.41) is 2.84. The number of hydrogen-bond donors (Lipinski definition) is 1. The third-order valence-corrected chi connectivity index (χ3v) is 5.18. The summed E-state index contributed by atoms with van der Waals surface area (Å²) in [4.78, 5) is 24.1. The van der Waals surface area contributed by atoms with Crippen LogP contribution in [0.2, 0.25) is 0 Å². The van der Waals surface area contributed by atoms with Crippen molar-refractivity contribution in [2.45, 2.75) is 52.9 Å². The topological polar surface area (TPSA) is 64.6 Å². The summed E-state index contributed by atoms with van der Waals surface area (Å²) in [5.74, 6) is 0.607. The van der Waals surface area contributed by atoms with Gasteiger partial charge in [0.25, 0.3) is 0 Å². The molecule has 0 heterocycles. The number of nitrogens with one attached hydrogen (secondary N) is 1. The molecule has 0 unspecified atom stereocenters. The van der Waals surface area contributed by atoms with E-state index >= 15 is 0 Å². The Morgan fingerprint density at radius 1 is 1.06 bits per heavy atom. The van der Waals surface area contributed by atoms with E-state index in [9.17, 15) is 9.59 Å². The molecule has 168 valence electrons. The van der Waals surface area contributed by atoms with Gasteiger partial charge >= 0.3 is 5.97 Å². The van der Waals surface area contributed by atoms with Crippen molar-refractivity contribution in [1.29, 1.82) is 0 Å². The Morgan fingerprint density at radius 2 is 1.74 bits per heavy atom. The minimum Gasteiger partial charge on any atom is -0.492 e. The van der Waals surface area contributed by atoms with E-state index in [-0.39, 0.29) is 23.2 Å². The number of rotatable bonds is 9. The maximum atomic E-state index is 12.2. The van der Waals surface area contributed by atoms with Gasteiger partial charge in [0.05, 0.1) is 23.2 Å². The van der Waals surface area contributed by atoms with Gasteiger partial charge in [0.1, 0.15) is 5.75 Å². The molecule has 0 aliphatic heterocycles. The van der Waals surface area contributed by atoms with E-state index < -0.39 is 0 Å². The number of esters is 1. The van der Waals surface area contributed by atoms with Crippen LogP contribution in [-0.2, 0) is 14.9 Å². The maximum absolute atomic E-state index is 12.2. The molecule has 0 fully saturated rings. The zero-order valence-corrected chi connectivity index (χ0v) is 20.5. The summed E-state index contributed by atoms with van der Waals surface area (Å²) < 4.78 is 11.9. The zero-order chi connectivity index (χ0) is 23.0. The third-order valence-electron chi connectivity index (χ3n) is 4.56. The normalized spacial score (nSPS) is 11.3. The lowest BCUT2D eigenvalue weighted by Crippen LogP contribution is -2.14. The van der Waals surface area contributed by atoms with Gasteiger partial charge in [-0.05, 0) is 75.6 Å². The van der Waals surface area contributed by atoms with Crippen molar-refractivity contribution >= 4 is 33.5 Å². The summed E-state index contributed by atoms with van der Waals surface area (Å²) in [6.45, 7) is 11.3. The number of ether oxygens (including phenoxy) is 2. The summed E-state index contributed by atoms with van der Waals surface area (Å²) in [5.41, 5.74) is 2.42. The van der Waals surface area contributed by atoms with E-state index in [4.69, 9.17) is 9.47 Å². The van der Waals surface area contributed by atoms with E-state index in [1.54, 1.807) is 24.3 Å². The van der Waals surface area contributed by atoms with E-state index in [2.05, 4.69) is 54.2 Å². The molecule has 2 aromatic carbocycles. The zero-order valence-electron chi connectivity index (χ0n) is 19.0. The molecule has 0 saturated carbocycles. The van der Waals surface area contributed by atoms with Gasteiger partial charge < -0.3 is 14.8 Å². The van der Waals surface area contributed by atoms with Crippen LogP contribution in [0, 0.1) is 5.92 Å². The lowest BCUT2D eigenvalue weighted by Gasteiger charge is -2.20. The Hall–Kier alpha value is -2.34. The fraction of sp³-hybridized carbons (Fsp3) is 0.440. The molecule has 0 aromatic heterocycles. The number of hydrogen-bond acceptors (Lipinski definition) is 4. The van der Waals surface area contributed by atoms with Crippen molar-refractivity contribution in [3.05, 3.63) is 58.1 Å². The number of anilines is 1. The minimum atomic E-state index is -0.356. The largest absolute Gasteiger partial charge is 0.492 e. The highest BCUT2D eigenvalue weighted by Gasteiger charge is 2.15. The molecule has 0 aliphatic rings. The van der Waals surface area contributed by atoms with Crippen molar-refractivity contribution in [2.75, 3.05) is 18.5 Å². The highest BCUT2D eigenvalue weighted by Crippen LogP contribution is 2.31. The van der Waals surface area contributed by atoms with Crippen LogP contribution >= 0.6 is 15.9 Å². The second-order valence-corrected chi connectivity index (χ2v) is 9.82. The average Bonchev–Trinajstić information content (AvgIpc) is 2.70. The van der Waals surface area contributed by atoms with Gasteiger partial charge in [0, 0.05) is 12.1 Å². The molecule has 0 aliphatic carbocycles. The minimum absolute atomic E-state index is 0.0751.